The monoisotopic (exact) mass is 334 g/mol. The molecule has 0 bridgehead atoms. The van der Waals surface area contributed by atoms with Crippen molar-refractivity contribution < 1.29 is 19.4 Å². The standard InChI is InChI=1S/C18H26N2O4/c1-23-16-4-2-3-5-17(16)24-13-18(22)20-10-8-19(9-11-20)12-15(21)14-6-7-14/h2-5,14-15,21H,6-13H2,1H3/t15-/m1/s1. The molecule has 1 N–H and O–H groups in total. The minimum absolute atomic E-state index is 0.0108. The molecule has 2 aliphatic rings. The zero-order valence-corrected chi connectivity index (χ0v) is 14.2. The van der Waals surface area contributed by atoms with Gasteiger partial charge in [-0.3, -0.25) is 9.69 Å². The number of ether oxygens (including phenoxy) is 2. The van der Waals surface area contributed by atoms with Crippen LogP contribution in [-0.4, -0.2) is 73.4 Å². The van der Waals surface area contributed by atoms with Crippen molar-refractivity contribution in [3.8, 4) is 11.5 Å². The van der Waals surface area contributed by atoms with Gasteiger partial charge in [-0.1, -0.05) is 12.1 Å². The summed E-state index contributed by atoms with van der Waals surface area (Å²) in [6.45, 7) is 3.74. The van der Waals surface area contributed by atoms with Crippen molar-refractivity contribution in [2.45, 2.75) is 18.9 Å². The molecule has 1 aromatic carbocycles. The van der Waals surface area contributed by atoms with Crippen LogP contribution in [0.25, 0.3) is 0 Å². The molecular weight excluding hydrogens is 308 g/mol. The quantitative estimate of drug-likeness (QED) is 0.806. The second-order valence-corrected chi connectivity index (χ2v) is 6.53. The van der Waals surface area contributed by atoms with E-state index in [-0.39, 0.29) is 18.6 Å². The van der Waals surface area contributed by atoms with Gasteiger partial charge in [0, 0.05) is 32.7 Å². The van der Waals surface area contributed by atoms with Gasteiger partial charge in [-0.25, -0.2) is 0 Å². The summed E-state index contributed by atoms with van der Waals surface area (Å²) in [6.07, 6.45) is 2.10. The number of hydrogen-bond acceptors (Lipinski definition) is 5. The largest absolute Gasteiger partial charge is 0.493 e. The Hall–Kier alpha value is -1.79. The topological polar surface area (TPSA) is 62.2 Å². The highest BCUT2D eigenvalue weighted by Crippen LogP contribution is 2.33. The molecule has 0 unspecified atom stereocenters. The number of carbonyl (C=O) groups excluding carboxylic acids is 1. The highest BCUT2D eigenvalue weighted by molar-refractivity contribution is 5.78. The predicted octanol–water partition coefficient (Wildman–Crippen LogP) is 0.989. The number of aliphatic hydroxyl groups excluding tert-OH is 1. The number of para-hydroxylation sites is 2. The number of carbonyl (C=O) groups is 1. The van der Waals surface area contributed by atoms with Gasteiger partial charge >= 0.3 is 0 Å². The van der Waals surface area contributed by atoms with Gasteiger partial charge in [-0.15, -0.1) is 0 Å². The number of hydrogen-bond donors (Lipinski definition) is 1. The minimum Gasteiger partial charge on any atom is -0.493 e. The molecule has 0 radical (unpaired) electrons. The molecule has 132 valence electrons. The zero-order valence-electron chi connectivity index (χ0n) is 14.2. The average Bonchev–Trinajstić information content (AvgIpc) is 3.45. The van der Waals surface area contributed by atoms with Crippen LogP contribution in [0.15, 0.2) is 24.3 Å². The predicted molar refractivity (Wildman–Crippen MR) is 90.2 cm³/mol. The molecule has 0 aromatic heterocycles. The van der Waals surface area contributed by atoms with Gasteiger partial charge in [-0.2, -0.15) is 0 Å². The third kappa shape index (κ3) is 4.39. The Kier molecular flexibility index (Phi) is 5.58. The Labute approximate surface area is 143 Å². The molecule has 1 amide bonds. The van der Waals surface area contributed by atoms with E-state index in [9.17, 15) is 9.90 Å². The summed E-state index contributed by atoms with van der Waals surface area (Å²) in [7, 11) is 1.58. The lowest BCUT2D eigenvalue weighted by Crippen LogP contribution is -2.51. The van der Waals surface area contributed by atoms with Crippen LogP contribution in [0.3, 0.4) is 0 Å². The molecule has 24 heavy (non-hydrogen) atoms. The third-order valence-electron chi connectivity index (χ3n) is 4.76. The number of β-amino-alcohol motifs (C(OH)–C–C–N with tert-alkyl or cyclic N) is 1. The zero-order chi connectivity index (χ0) is 16.9. The van der Waals surface area contributed by atoms with Crippen molar-refractivity contribution in [3.63, 3.8) is 0 Å². The molecule has 1 aromatic rings. The first-order chi connectivity index (χ1) is 11.7. The van der Waals surface area contributed by atoms with Gasteiger partial charge in [0.15, 0.2) is 18.1 Å². The summed E-state index contributed by atoms with van der Waals surface area (Å²) < 4.78 is 10.8. The number of amides is 1. The summed E-state index contributed by atoms with van der Waals surface area (Å²) in [5.74, 6) is 1.70. The molecule has 6 nitrogen and oxygen atoms in total. The number of benzene rings is 1. The van der Waals surface area contributed by atoms with E-state index in [0.717, 1.165) is 32.5 Å². The Balaban J connectivity index is 1.41. The van der Waals surface area contributed by atoms with E-state index in [1.807, 2.05) is 23.1 Å². The minimum atomic E-state index is -0.207. The fraction of sp³-hybridized carbons (Fsp3) is 0.611. The Morgan fingerprint density at radius 1 is 1.21 bits per heavy atom. The van der Waals surface area contributed by atoms with E-state index in [1.54, 1.807) is 13.2 Å². The van der Waals surface area contributed by atoms with E-state index >= 15 is 0 Å². The van der Waals surface area contributed by atoms with Crippen molar-refractivity contribution in [1.82, 2.24) is 9.80 Å². The van der Waals surface area contributed by atoms with E-state index in [0.29, 0.717) is 30.5 Å². The fourth-order valence-electron chi connectivity index (χ4n) is 3.04. The fourth-order valence-corrected chi connectivity index (χ4v) is 3.04. The Bertz CT molecular complexity index is 554. The smallest absolute Gasteiger partial charge is 0.260 e. The second-order valence-electron chi connectivity index (χ2n) is 6.53. The SMILES string of the molecule is COc1ccccc1OCC(=O)N1CCN(C[C@@H](O)C2CC2)CC1. The Morgan fingerprint density at radius 2 is 1.88 bits per heavy atom. The molecule has 1 saturated heterocycles. The summed E-state index contributed by atoms with van der Waals surface area (Å²) in [5.41, 5.74) is 0. The number of methoxy groups -OCH3 is 1. The number of nitrogens with zero attached hydrogens (tertiary/aromatic N) is 2. The van der Waals surface area contributed by atoms with E-state index in [1.165, 1.54) is 0 Å². The molecule has 1 saturated carbocycles. The van der Waals surface area contributed by atoms with Crippen LogP contribution in [0, 0.1) is 5.92 Å². The van der Waals surface area contributed by atoms with Crippen LogP contribution in [0.2, 0.25) is 0 Å². The molecule has 2 fully saturated rings. The Morgan fingerprint density at radius 3 is 2.50 bits per heavy atom. The highest BCUT2D eigenvalue weighted by atomic mass is 16.5. The first-order valence-electron chi connectivity index (χ1n) is 8.61. The number of aliphatic hydroxyl groups is 1. The maximum Gasteiger partial charge on any atom is 0.260 e. The summed E-state index contributed by atoms with van der Waals surface area (Å²) in [5, 5.41) is 10.0. The first-order valence-corrected chi connectivity index (χ1v) is 8.61. The van der Waals surface area contributed by atoms with Crippen LogP contribution < -0.4 is 9.47 Å². The molecule has 1 atom stereocenters. The molecule has 0 spiro atoms. The van der Waals surface area contributed by atoms with Gasteiger partial charge in [-0.05, 0) is 30.9 Å². The lowest BCUT2D eigenvalue weighted by molar-refractivity contribution is -0.135. The van der Waals surface area contributed by atoms with Crippen molar-refractivity contribution in [2.24, 2.45) is 5.92 Å². The summed E-state index contributed by atoms with van der Waals surface area (Å²) >= 11 is 0. The van der Waals surface area contributed by atoms with E-state index < -0.39 is 0 Å². The number of piperazine rings is 1. The van der Waals surface area contributed by atoms with Gasteiger partial charge in [0.1, 0.15) is 0 Å². The highest BCUT2D eigenvalue weighted by Gasteiger charge is 2.32. The van der Waals surface area contributed by atoms with Gasteiger partial charge in [0.2, 0.25) is 0 Å². The summed E-state index contributed by atoms with van der Waals surface area (Å²) in [6, 6.07) is 7.32. The lowest BCUT2D eigenvalue weighted by Gasteiger charge is -2.35. The van der Waals surface area contributed by atoms with Gasteiger partial charge in [0.25, 0.3) is 5.91 Å². The molecule has 1 aliphatic heterocycles. The lowest BCUT2D eigenvalue weighted by atomic mass is 10.2. The molecule has 3 rings (SSSR count). The van der Waals surface area contributed by atoms with Gasteiger partial charge in [0.05, 0.1) is 13.2 Å². The molecular formula is C18H26N2O4. The van der Waals surface area contributed by atoms with Crippen LogP contribution in [0.1, 0.15) is 12.8 Å². The third-order valence-corrected chi connectivity index (χ3v) is 4.76. The van der Waals surface area contributed by atoms with Gasteiger partial charge < -0.3 is 19.5 Å². The molecule has 1 aliphatic carbocycles. The van der Waals surface area contributed by atoms with Crippen LogP contribution in [0.4, 0.5) is 0 Å². The average molecular weight is 334 g/mol. The van der Waals surface area contributed by atoms with Crippen LogP contribution in [-0.2, 0) is 4.79 Å². The molecule has 6 heteroatoms. The normalized spacial score (nSPS) is 19.8. The number of rotatable bonds is 7. The van der Waals surface area contributed by atoms with Crippen molar-refractivity contribution in [1.29, 1.82) is 0 Å². The molecule has 1 heterocycles. The maximum absolute atomic E-state index is 12.3. The maximum atomic E-state index is 12.3. The van der Waals surface area contributed by atoms with E-state index in [4.69, 9.17) is 9.47 Å². The second kappa shape index (κ2) is 7.85. The van der Waals surface area contributed by atoms with E-state index in [2.05, 4.69) is 4.90 Å². The van der Waals surface area contributed by atoms with Crippen LogP contribution in [0.5, 0.6) is 11.5 Å². The first kappa shape index (κ1) is 17.0. The van der Waals surface area contributed by atoms with Crippen molar-refractivity contribution in [2.75, 3.05) is 46.4 Å². The van der Waals surface area contributed by atoms with Crippen molar-refractivity contribution >= 4 is 5.91 Å². The van der Waals surface area contributed by atoms with Crippen LogP contribution >= 0.6 is 0 Å². The van der Waals surface area contributed by atoms with Crippen molar-refractivity contribution in [3.05, 3.63) is 24.3 Å². The summed E-state index contributed by atoms with van der Waals surface area (Å²) in [4.78, 5) is 16.4.